The van der Waals surface area contributed by atoms with Crippen molar-refractivity contribution in [3.8, 4) is 11.5 Å². The van der Waals surface area contributed by atoms with E-state index in [9.17, 15) is 4.91 Å². The van der Waals surface area contributed by atoms with E-state index in [1.54, 1.807) is 13.0 Å². The Balaban J connectivity index is 3.01. The number of hydrogen-bond donors (Lipinski definition) is 0. The van der Waals surface area contributed by atoms with Crippen molar-refractivity contribution in [1.82, 2.24) is 0 Å². The fourth-order valence-corrected chi connectivity index (χ4v) is 1.39. The molecule has 0 aliphatic carbocycles. The zero-order valence-corrected chi connectivity index (χ0v) is 9.90. The summed E-state index contributed by atoms with van der Waals surface area (Å²) in [7, 11) is 0. The van der Waals surface area contributed by atoms with Crippen LogP contribution in [-0.4, -0.2) is 13.2 Å². The van der Waals surface area contributed by atoms with E-state index < -0.39 is 0 Å². The van der Waals surface area contributed by atoms with E-state index in [2.05, 4.69) is 5.18 Å². The SMILES string of the molecule is CCOc1ccc(C(C)N=O)cc1OCC. The highest BCUT2D eigenvalue weighted by Crippen LogP contribution is 2.31. The van der Waals surface area contributed by atoms with Crippen molar-refractivity contribution in [3.05, 3.63) is 28.7 Å². The molecule has 16 heavy (non-hydrogen) atoms. The molecule has 1 aromatic carbocycles. The molecule has 0 aromatic heterocycles. The van der Waals surface area contributed by atoms with Crippen LogP contribution < -0.4 is 9.47 Å². The van der Waals surface area contributed by atoms with Gasteiger partial charge in [0.25, 0.3) is 0 Å². The summed E-state index contributed by atoms with van der Waals surface area (Å²) in [5.74, 6) is 1.36. The normalized spacial score (nSPS) is 11.9. The molecule has 88 valence electrons. The molecule has 1 unspecified atom stereocenters. The largest absolute Gasteiger partial charge is 0.490 e. The Morgan fingerprint density at radius 3 is 2.38 bits per heavy atom. The third-order valence-electron chi connectivity index (χ3n) is 2.21. The molecule has 4 nitrogen and oxygen atoms in total. The Morgan fingerprint density at radius 1 is 1.19 bits per heavy atom. The van der Waals surface area contributed by atoms with Gasteiger partial charge < -0.3 is 9.47 Å². The van der Waals surface area contributed by atoms with Gasteiger partial charge in [-0.1, -0.05) is 11.2 Å². The molecule has 0 saturated heterocycles. The summed E-state index contributed by atoms with van der Waals surface area (Å²) in [6.45, 7) is 6.72. The van der Waals surface area contributed by atoms with E-state index in [1.807, 2.05) is 26.0 Å². The lowest BCUT2D eigenvalue weighted by Gasteiger charge is -2.12. The van der Waals surface area contributed by atoms with E-state index in [0.29, 0.717) is 24.7 Å². The third kappa shape index (κ3) is 2.95. The van der Waals surface area contributed by atoms with Gasteiger partial charge in [0.1, 0.15) is 6.04 Å². The molecule has 0 saturated carbocycles. The summed E-state index contributed by atoms with van der Waals surface area (Å²) >= 11 is 0. The van der Waals surface area contributed by atoms with Gasteiger partial charge in [0.05, 0.1) is 13.2 Å². The molecule has 0 N–H and O–H groups in total. The van der Waals surface area contributed by atoms with Gasteiger partial charge in [0.15, 0.2) is 11.5 Å². The van der Waals surface area contributed by atoms with Gasteiger partial charge in [0.2, 0.25) is 0 Å². The second-order valence-corrected chi connectivity index (χ2v) is 3.35. The number of nitroso groups, excluding NO2 is 1. The first-order valence-electron chi connectivity index (χ1n) is 5.44. The molecular weight excluding hydrogens is 206 g/mol. The van der Waals surface area contributed by atoms with Gasteiger partial charge in [-0.15, -0.1) is 0 Å². The van der Waals surface area contributed by atoms with Gasteiger partial charge in [-0.2, -0.15) is 4.91 Å². The smallest absolute Gasteiger partial charge is 0.161 e. The molecule has 0 heterocycles. The van der Waals surface area contributed by atoms with Crippen LogP contribution in [0.4, 0.5) is 0 Å². The van der Waals surface area contributed by atoms with Crippen LogP contribution in [-0.2, 0) is 0 Å². The number of hydrogen-bond acceptors (Lipinski definition) is 4. The van der Waals surface area contributed by atoms with Crippen LogP contribution in [0.15, 0.2) is 23.4 Å². The van der Waals surface area contributed by atoms with E-state index in [-0.39, 0.29) is 6.04 Å². The fraction of sp³-hybridized carbons (Fsp3) is 0.500. The van der Waals surface area contributed by atoms with Gasteiger partial charge >= 0.3 is 0 Å². The quantitative estimate of drug-likeness (QED) is 0.695. The first-order valence-corrected chi connectivity index (χ1v) is 5.44. The van der Waals surface area contributed by atoms with Gasteiger partial charge in [-0.25, -0.2) is 0 Å². The molecule has 0 aliphatic rings. The molecule has 0 amide bonds. The lowest BCUT2D eigenvalue weighted by molar-refractivity contribution is 0.287. The van der Waals surface area contributed by atoms with E-state index in [4.69, 9.17) is 9.47 Å². The predicted octanol–water partition coefficient (Wildman–Crippen LogP) is 3.31. The van der Waals surface area contributed by atoms with Crippen LogP contribution in [0.3, 0.4) is 0 Å². The van der Waals surface area contributed by atoms with Gasteiger partial charge in [-0.05, 0) is 38.5 Å². The van der Waals surface area contributed by atoms with Crippen molar-refractivity contribution in [2.24, 2.45) is 5.18 Å². The molecule has 1 atom stereocenters. The minimum Gasteiger partial charge on any atom is -0.490 e. The van der Waals surface area contributed by atoms with Crippen LogP contribution >= 0.6 is 0 Å². The van der Waals surface area contributed by atoms with Crippen molar-refractivity contribution < 1.29 is 9.47 Å². The maximum absolute atomic E-state index is 10.5. The average molecular weight is 223 g/mol. The lowest BCUT2D eigenvalue weighted by atomic mass is 10.1. The van der Waals surface area contributed by atoms with E-state index >= 15 is 0 Å². The zero-order chi connectivity index (χ0) is 12.0. The third-order valence-corrected chi connectivity index (χ3v) is 2.21. The number of benzene rings is 1. The Labute approximate surface area is 95.5 Å². The van der Waals surface area contributed by atoms with Crippen LogP contribution in [0.25, 0.3) is 0 Å². The Kier molecular flexibility index (Phi) is 4.76. The van der Waals surface area contributed by atoms with Gasteiger partial charge in [-0.3, -0.25) is 0 Å². The average Bonchev–Trinajstić information content (AvgIpc) is 2.31. The highest BCUT2D eigenvalue weighted by atomic mass is 16.5. The van der Waals surface area contributed by atoms with Crippen LogP contribution in [0.2, 0.25) is 0 Å². The van der Waals surface area contributed by atoms with Crippen molar-refractivity contribution in [2.45, 2.75) is 26.8 Å². The van der Waals surface area contributed by atoms with Crippen molar-refractivity contribution >= 4 is 0 Å². The maximum Gasteiger partial charge on any atom is 0.161 e. The van der Waals surface area contributed by atoms with Crippen LogP contribution in [0.5, 0.6) is 11.5 Å². The second-order valence-electron chi connectivity index (χ2n) is 3.35. The van der Waals surface area contributed by atoms with Crippen molar-refractivity contribution in [2.75, 3.05) is 13.2 Å². The Hall–Kier alpha value is -1.58. The number of rotatable bonds is 6. The molecule has 1 rings (SSSR count). The molecule has 0 fully saturated rings. The van der Waals surface area contributed by atoms with Crippen molar-refractivity contribution in [1.29, 1.82) is 0 Å². The standard InChI is InChI=1S/C12H17NO3/c1-4-15-11-7-6-10(9(3)13-14)8-12(11)16-5-2/h6-9H,4-5H2,1-3H3. The minimum atomic E-state index is -0.366. The number of nitrogens with zero attached hydrogens (tertiary/aromatic N) is 1. The molecule has 0 bridgehead atoms. The summed E-state index contributed by atoms with van der Waals surface area (Å²) in [6.07, 6.45) is 0. The summed E-state index contributed by atoms with van der Waals surface area (Å²) in [4.78, 5) is 10.5. The highest BCUT2D eigenvalue weighted by Gasteiger charge is 2.10. The fourth-order valence-electron chi connectivity index (χ4n) is 1.39. The molecule has 0 aliphatic heterocycles. The maximum atomic E-state index is 10.5. The Morgan fingerprint density at radius 2 is 1.81 bits per heavy atom. The first kappa shape index (κ1) is 12.5. The highest BCUT2D eigenvalue weighted by molar-refractivity contribution is 5.43. The van der Waals surface area contributed by atoms with E-state index in [1.165, 1.54) is 0 Å². The summed E-state index contributed by atoms with van der Waals surface area (Å²) in [5.41, 5.74) is 0.835. The second kappa shape index (κ2) is 6.10. The molecule has 0 spiro atoms. The molecular formula is C12H17NO3. The molecule has 0 radical (unpaired) electrons. The monoisotopic (exact) mass is 223 g/mol. The minimum absolute atomic E-state index is 0.366. The number of ether oxygens (including phenoxy) is 2. The zero-order valence-electron chi connectivity index (χ0n) is 9.90. The molecule has 4 heteroatoms. The lowest BCUT2D eigenvalue weighted by Crippen LogP contribution is -2.00. The topological polar surface area (TPSA) is 47.9 Å². The van der Waals surface area contributed by atoms with E-state index in [0.717, 1.165) is 5.56 Å². The Bertz CT molecular complexity index is 352. The molecule has 1 aromatic rings. The van der Waals surface area contributed by atoms with Gasteiger partial charge in [0, 0.05) is 0 Å². The summed E-state index contributed by atoms with van der Waals surface area (Å²) in [5, 5.41) is 2.99. The van der Waals surface area contributed by atoms with Crippen molar-refractivity contribution in [3.63, 3.8) is 0 Å². The van der Waals surface area contributed by atoms with Crippen LogP contribution in [0.1, 0.15) is 32.4 Å². The summed E-state index contributed by atoms with van der Waals surface area (Å²) < 4.78 is 10.9. The first-order chi connectivity index (χ1) is 7.72. The summed E-state index contributed by atoms with van der Waals surface area (Å²) in [6, 6.07) is 5.08. The van der Waals surface area contributed by atoms with Crippen LogP contribution in [0, 0.1) is 4.91 Å². The predicted molar refractivity (Wildman–Crippen MR) is 63.0 cm³/mol.